The maximum Gasteiger partial charge on any atom is 0.0993 e. The van der Waals surface area contributed by atoms with E-state index in [1.807, 2.05) is 17.7 Å². The summed E-state index contributed by atoms with van der Waals surface area (Å²) in [6, 6.07) is 4.22. The van der Waals surface area contributed by atoms with E-state index in [2.05, 4.69) is 30.2 Å². The van der Waals surface area contributed by atoms with E-state index in [0.717, 1.165) is 5.69 Å². The van der Waals surface area contributed by atoms with Crippen LogP contribution in [-0.4, -0.2) is 9.38 Å². The van der Waals surface area contributed by atoms with Crippen molar-refractivity contribution in [2.24, 2.45) is 0 Å². The Kier molecular flexibility index (Phi) is 1.22. The van der Waals surface area contributed by atoms with Crippen molar-refractivity contribution in [1.29, 1.82) is 0 Å². The molecule has 0 aromatic carbocycles. The number of nitrogens with zero attached hydrogens (tertiary/aromatic N) is 2. The van der Waals surface area contributed by atoms with Gasteiger partial charge in [0.1, 0.15) is 0 Å². The molecule has 2 nitrogen and oxygen atoms in total. The lowest BCUT2D eigenvalue weighted by Crippen LogP contribution is -1.85. The third-order valence-electron chi connectivity index (χ3n) is 1.76. The molecular weight excluding hydrogens is 136 g/mol. The summed E-state index contributed by atoms with van der Waals surface area (Å²) in [5, 5.41) is 0. The summed E-state index contributed by atoms with van der Waals surface area (Å²) in [4.78, 5) is 4.18. The molecule has 0 saturated heterocycles. The summed E-state index contributed by atoms with van der Waals surface area (Å²) in [7, 11) is 0. The first kappa shape index (κ1) is 6.40. The van der Waals surface area contributed by atoms with E-state index in [1.54, 1.807) is 0 Å². The minimum absolute atomic E-state index is 1.07. The zero-order valence-electron chi connectivity index (χ0n) is 6.70. The molecule has 2 aromatic rings. The summed E-state index contributed by atoms with van der Waals surface area (Å²) in [6.07, 6.45) is 3.92. The molecule has 0 radical (unpaired) electrons. The first-order valence-corrected chi connectivity index (χ1v) is 3.67. The van der Waals surface area contributed by atoms with Gasteiger partial charge in [0.2, 0.25) is 0 Å². The summed E-state index contributed by atoms with van der Waals surface area (Å²) in [5.74, 6) is 0. The fourth-order valence-electron chi connectivity index (χ4n) is 1.26. The van der Waals surface area contributed by atoms with Crippen LogP contribution in [-0.2, 0) is 0 Å². The van der Waals surface area contributed by atoms with Gasteiger partial charge in [-0.3, -0.25) is 0 Å². The van der Waals surface area contributed by atoms with Crippen molar-refractivity contribution >= 4 is 5.52 Å². The lowest BCUT2D eigenvalue weighted by Gasteiger charge is -1.93. The average Bonchev–Trinajstić information content (AvgIpc) is 2.27. The van der Waals surface area contributed by atoms with Crippen molar-refractivity contribution in [2.75, 3.05) is 0 Å². The molecule has 2 heteroatoms. The highest BCUT2D eigenvalue weighted by Gasteiger charge is 1.94. The van der Waals surface area contributed by atoms with Gasteiger partial charge in [0.05, 0.1) is 6.33 Å². The van der Waals surface area contributed by atoms with Gasteiger partial charge < -0.3 is 4.40 Å². The van der Waals surface area contributed by atoms with Crippen LogP contribution in [0.15, 0.2) is 24.7 Å². The van der Waals surface area contributed by atoms with Crippen molar-refractivity contribution in [3.63, 3.8) is 0 Å². The first-order valence-electron chi connectivity index (χ1n) is 3.67. The molecule has 0 aliphatic rings. The lowest BCUT2D eigenvalue weighted by atomic mass is 10.3. The Morgan fingerprint density at radius 3 is 2.91 bits per heavy atom. The van der Waals surface area contributed by atoms with Gasteiger partial charge in [-0.05, 0) is 31.5 Å². The Bertz CT molecular complexity index is 387. The highest BCUT2D eigenvalue weighted by atomic mass is 14.9. The Morgan fingerprint density at radius 1 is 1.27 bits per heavy atom. The fourth-order valence-corrected chi connectivity index (χ4v) is 1.26. The van der Waals surface area contributed by atoms with E-state index < -0.39 is 0 Å². The van der Waals surface area contributed by atoms with Crippen LogP contribution in [0.1, 0.15) is 11.3 Å². The predicted molar refractivity (Wildman–Crippen MR) is 44.7 cm³/mol. The molecule has 2 aromatic heterocycles. The second-order valence-corrected chi connectivity index (χ2v) is 2.88. The predicted octanol–water partition coefficient (Wildman–Crippen LogP) is 1.95. The second-order valence-electron chi connectivity index (χ2n) is 2.88. The minimum Gasteiger partial charge on any atom is -0.308 e. The van der Waals surface area contributed by atoms with Crippen LogP contribution in [0.4, 0.5) is 0 Å². The summed E-state index contributed by atoms with van der Waals surface area (Å²) < 4.78 is 2.03. The molecule has 0 fully saturated rings. The number of rotatable bonds is 0. The van der Waals surface area contributed by atoms with Gasteiger partial charge in [-0.2, -0.15) is 0 Å². The zero-order valence-corrected chi connectivity index (χ0v) is 6.70. The Balaban J connectivity index is 2.82. The third kappa shape index (κ3) is 1.00. The number of aromatic nitrogens is 2. The van der Waals surface area contributed by atoms with E-state index in [-0.39, 0.29) is 0 Å². The quantitative estimate of drug-likeness (QED) is 0.555. The maximum atomic E-state index is 4.18. The highest BCUT2D eigenvalue weighted by Crippen LogP contribution is 2.08. The van der Waals surface area contributed by atoms with Crippen molar-refractivity contribution in [3.05, 3.63) is 35.9 Å². The molecule has 56 valence electrons. The van der Waals surface area contributed by atoms with Crippen LogP contribution in [0.2, 0.25) is 0 Å². The standard InChI is InChI=1S/C9H10N2/c1-7-3-9-4-8(2)10-6-11(9)5-7/h3-6H,1-2H3. The fraction of sp³-hybridized carbons (Fsp3) is 0.222. The van der Waals surface area contributed by atoms with E-state index in [4.69, 9.17) is 0 Å². The van der Waals surface area contributed by atoms with E-state index in [9.17, 15) is 0 Å². The van der Waals surface area contributed by atoms with Gasteiger partial charge in [0, 0.05) is 17.4 Å². The number of aryl methyl sites for hydroxylation is 2. The smallest absolute Gasteiger partial charge is 0.0993 e. The van der Waals surface area contributed by atoms with E-state index in [1.165, 1.54) is 11.1 Å². The van der Waals surface area contributed by atoms with Gasteiger partial charge in [-0.25, -0.2) is 4.98 Å². The minimum atomic E-state index is 1.07. The van der Waals surface area contributed by atoms with Crippen molar-refractivity contribution < 1.29 is 0 Å². The molecule has 0 bridgehead atoms. The summed E-state index contributed by atoms with van der Waals surface area (Å²) in [6.45, 7) is 4.09. The Labute approximate surface area is 65.5 Å². The van der Waals surface area contributed by atoms with Crippen molar-refractivity contribution in [1.82, 2.24) is 9.38 Å². The van der Waals surface area contributed by atoms with E-state index >= 15 is 0 Å². The summed E-state index contributed by atoms with van der Waals surface area (Å²) in [5.41, 5.74) is 3.56. The SMILES string of the molecule is Cc1cc2cc(C)ncn2c1. The molecule has 2 heterocycles. The van der Waals surface area contributed by atoms with E-state index in [0.29, 0.717) is 0 Å². The van der Waals surface area contributed by atoms with Crippen LogP contribution in [0.3, 0.4) is 0 Å². The summed E-state index contributed by atoms with van der Waals surface area (Å²) >= 11 is 0. The monoisotopic (exact) mass is 146 g/mol. The Morgan fingerprint density at radius 2 is 2.09 bits per heavy atom. The molecule has 0 spiro atoms. The van der Waals surface area contributed by atoms with Crippen molar-refractivity contribution in [2.45, 2.75) is 13.8 Å². The molecule has 0 aliphatic heterocycles. The molecule has 11 heavy (non-hydrogen) atoms. The number of hydrogen-bond donors (Lipinski definition) is 0. The highest BCUT2D eigenvalue weighted by molar-refractivity contribution is 5.50. The number of fused-ring (bicyclic) bond motifs is 1. The van der Waals surface area contributed by atoms with Crippen LogP contribution in [0.5, 0.6) is 0 Å². The maximum absolute atomic E-state index is 4.18. The van der Waals surface area contributed by atoms with Gasteiger partial charge in [0.25, 0.3) is 0 Å². The lowest BCUT2D eigenvalue weighted by molar-refractivity contribution is 1.05. The molecule has 0 atom stereocenters. The molecule has 0 N–H and O–H groups in total. The molecular formula is C9H10N2. The second kappa shape index (κ2) is 2.09. The molecule has 0 unspecified atom stereocenters. The van der Waals surface area contributed by atoms with Crippen LogP contribution < -0.4 is 0 Å². The first-order chi connectivity index (χ1) is 5.25. The average molecular weight is 146 g/mol. The topological polar surface area (TPSA) is 17.3 Å². The van der Waals surface area contributed by atoms with Crippen LogP contribution in [0, 0.1) is 13.8 Å². The van der Waals surface area contributed by atoms with Crippen LogP contribution in [0.25, 0.3) is 5.52 Å². The third-order valence-corrected chi connectivity index (χ3v) is 1.76. The molecule has 0 saturated carbocycles. The van der Waals surface area contributed by atoms with Gasteiger partial charge in [-0.1, -0.05) is 0 Å². The van der Waals surface area contributed by atoms with Crippen LogP contribution >= 0.6 is 0 Å². The van der Waals surface area contributed by atoms with Gasteiger partial charge >= 0.3 is 0 Å². The van der Waals surface area contributed by atoms with Crippen molar-refractivity contribution in [3.8, 4) is 0 Å². The molecule has 0 amide bonds. The Hall–Kier alpha value is -1.31. The molecule has 2 rings (SSSR count). The van der Waals surface area contributed by atoms with Gasteiger partial charge in [-0.15, -0.1) is 0 Å². The largest absolute Gasteiger partial charge is 0.308 e. The normalized spacial score (nSPS) is 10.7. The number of hydrogen-bond acceptors (Lipinski definition) is 1. The van der Waals surface area contributed by atoms with Gasteiger partial charge in [0.15, 0.2) is 0 Å². The zero-order chi connectivity index (χ0) is 7.84. The molecule has 0 aliphatic carbocycles.